The van der Waals surface area contributed by atoms with Crippen molar-refractivity contribution >= 4 is 0 Å². The van der Waals surface area contributed by atoms with Crippen molar-refractivity contribution in [3.05, 3.63) is 41.5 Å². The summed E-state index contributed by atoms with van der Waals surface area (Å²) in [5.41, 5.74) is 1.54. The second kappa shape index (κ2) is 6.47. The van der Waals surface area contributed by atoms with Gasteiger partial charge in [-0.3, -0.25) is 4.68 Å². The summed E-state index contributed by atoms with van der Waals surface area (Å²) >= 11 is 0. The first-order valence-electron chi connectivity index (χ1n) is 6.61. The van der Waals surface area contributed by atoms with Crippen molar-refractivity contribution in [3.8, 4) is 5.75 Å². The van der Waals surface area contributed by atoms with E-state index in [-0.39, 0.29) is 11.9 Å². The van der Waals surface area contributed by atoms with Gasteiger partial charge in [0.25, 0.3) is 0 Å². The van der Waals surface area contributed by atoms with E-state index >= 15 is 0 Å². The Balaban J connectivity index is 2.13. The van der Waals surface area contributed by atoms with Crippen LogP contribution < -0.4 is 10.1 Å². The summed E-state index contributed by atoms with van der Waals surface area (Å²) in [6.45, 7) is 5.11. The molecule has 1 heterocycles. The fourth-order valence-corrected chi connectivity index (χ4v) is 2.02. The van der Waals surface area contributed by atoms with Gasteiger partial charge in [0.05, 0.1) is 6.20 Å². The predicted octanol–water partition coefficient (Wildman–Crippen LogP) is 2.20. The third-order valence-corrected chi connectivity index (χ3v) is 2.97. The topological polar surface area (TPSA) is 52.0 Å². The van der Waals surface area contributed by atoms with Gasteiger partial charge in [0.2, 0.25) is 0 Å². The van der Waals surface area contributed by atoms with Crippen LogP contribution in [-0.2, 0) is 13.7 Å². The molecule has 0 spiro atoms. The number of ether oxygens (including phenoxy) is 1. The Bertz CT molecular complexity index is 570. The van der Waals surface area contributed by atoms with E-state index in [1.807, 2.05) is 13.8 Å². The molecular formula is C14H19FN4O. The maximum Gasteiger partial charge on any atom is 0.134 e. The Hall–Kier alpha value is -1.95. The highest BCUT2D eigenvalue weighted by molar-refractivity contribution is 5.36. The van der Waals surface area contributed by atoms with E-state index < -0.39 is 0 Å². The lowest BCUT2D eigenvalue weighted by Crippen LogP contribution is -2.18. The van der Waals surface area contributed by atoms with Crippen molar-refractivity contribution in [3.63, 3.8) is 0 Å². The van der Waals surface area contributed by atoms with Crippen LogP contribution >= 0.6 is 0 Å². The summed E-state index contributed by atoms with van der Waals surface area (Å²) in [5, 5.41) is 11.1. The molecular weight excluding hydrogens is 259 g/mol. The molecule has 6 heteroatoms. The Morgan fingerprint density at radius 2 is 2.25 bits per heavy atom. The molecule has 20 heavy (non-hydrogen) atoms. The Morgan fingerprint density at radius 3 is 2.90 bits per heavy atom. The molecule has 1 aromatic heterocycles. The fourth-order valence-electron chi connectivity index (χ4n) is 2.02. The number of rotatable bonds is 6. The van der Waals surface area contributed by atoms with Crippen LogP contribution in [0.1, 0.15) is 31.1 Å². The van der Waals surface area contributed by atoms with Gasteiger partial charge in [-0.25, -0.2) is 4.39 Å². The largest absolute Gasteiger partial charge is 0.487 e. The summed E-state index contributed by atoms with van der Waals surface area (Å²) in [5.74, 6) is 0.391. The van der Waals surface area contributed by atoms with E-state index in [4.69, 9.17) is 4.74 Å². The average Bonchev–Trinajstić information content (AvgIpc) is 2.83. The van der Waals surface area contributed by atoms with E-state index in [9.17, 15) is 4.39 Å². The SMILES string of the molecule is CCNC(C)c1cc(F)ccc1OCc1cn(C)nn1. The maximum atomic E-state index is 13.4. The molecule has 0 bridgehead atoms. The van der Waals surface area contributed by atoms with E-state index in [0.717, 1.165) is 17.8 Å². The number of aromatic nitrogens is 3. The number of hydrogen-bond acceptors (Lipinski definition) is 4. The lowest BCUT2D eigenvalue weighted by molar-refractivity contribution is 0.294. The molecule has 1 atom stereocenters. The average molecular weight is 278 g/mol. The summed E-state index contributed by atoms with van der Waals surface area (Å²) in [6, 6.07) is 4.56. The first-order valence-corrected chi connectivity index (χ1v) is 6.61. The number of halogens is 1. The Kier molecular flexibility index (Phi) is 4.68. The second-order valence-electron chi connectivity index (χ2n) is 4.63. The minimum Gasteiger partial charge on any atom is -0.487 e. The van der Waals surface area contributed by atoms with Crippen LogP contribution in [0.15, 0.2) is 24.4 Å². The van der Waals surface area contributed by atoms with E-state index in [1.54, 1.807) is 24.0 Å². The highest BCUT2D eigenvalue weighted by atomic mass is 19.1. The van der Waals surface area contributed by atoms with Crippen LogP contribution in [0.3, 0.4) is 0 Å². The van der Waals surface area contributed by atoms with Crippen LogP contribution in [0.2, 0.25) is 0 Å². The van der Waals surface area contributed by atoms with Gasteiger partial charge < -0.3 is 10.1 Å². The third kappa shape index (κ3) is 3.54. The summed E-state index contributed by atoms with van der Waals surface area (Å²) < 4.78 is 20.8. The van der Waals surface area contributed by atoms with Gasteiger partial charge in [0.1, 0.15) is 23.9 Å². The molecule has 2 rings (SSSR count). The van der Waals surface area contributed by atoms with Gasteiger partial charge in [0.15, 0.2) is 0 Å². The molecule has 5 nitrogen and oxygen atoms in total. The van der Waals surface area contributed by atoms with Gasteiger partial charge in [-0.1, -0.05) is 12.1 Å². The van der Waals surface area contributed by atoms with E-state index in [0.29, 0.717) is 12.4 Å². The molecule has 0 amide bonds. The number of hydrogen-bond donors (Lipinski definition) is 1. The second-order valence-corrected chi connectivity index (χ2v) is 4.63. The van der Waals surface area contributed by atoms with E-state index in [2.05, 4.69) is 15.6 Å². The van der Waals surface area contributed by atoms with Gasteiger partial charge in [0, 0.05) is 18.7 Å². The number of nitrogens with one attached hydrogen (secondary N) is 1. The molecule has 0 radical (unpaired) electrons. The van der Waals surface area contributed by atoms with Crippen LogP contribution in [-0.4, -0.2) is 21.5 Å². The first kappa shape index (κ1) is 14.5. The van der Waals surface area contributed by atoms with Crippen LogP contribution in [0, 0.1) is 5.82 Å². The summed E-state index contributed by atoms with van der Waals surface area (Å²) in [4.78, 5) is 0. The normalized spacial score (nSPS) is 12.4. The molecule has 0 aliphatic rings. The van der Waals surface area contributed by atoms with Crippen molar-refractivity contribution in [2.75, 3.05) is 6.54 Å². The quantitative estimate of drug-likeness (QED) is 0.880. The smallest absolute Gasteiger partial charge is 0.134 e. The summed E-state index contributed by atoms with van der Waals surface area (Å²) in [6.07, 6.45) is 1.79. The molecule has 108 valence electrons. The molecule has 1 N–H and O–H groups in total. The van der Waals surface area contributed by atoms with Gasteiger partial charge in [-0.05, 0) is 31.7 Å². The molecule has 0 saturated carbocycles. The lowest BCUT2D eigenvalue weighted by atomic mass is 10.1. The van der Waals surface area contributed by atoms with Crippen molar-refractivity contribution in [1.29, 1.82) is 0 Å². The number of benzene rings is 1. The highest BCUT2D eigenvalue weighted by Gasteiger charge is 2.12. The number of nitrogens with zero attached hydrogens (tertiary/aromatic N) is 3. The Labute approximate surface area is 117 Å². The van der Waals surface area contributed by atoms with Crippen molar-refractivity contribution in [2.24, 2.45) is 7.05 Å². The fraction of sp³-hybridized carbons (Fsp3) is 0.429. The molecule has 0 fully saturated rings. The minimum absolute atomic E-state index is 0.0209. The highest BCUT2D eigenvalue weighted by Crippen LogP contribution is 2.26. The zero-order valence-electron chi connectivity index (χ0n) is 11.9. The first-order chi connectivity index (χ1) is 9.60. The minimum atomic E-state index is -0.267. The monoisotopic (exact) mass is 278 g/mol. The maximum absolute atomic E-state index is 13.4. The van der Waals surface area contributed by atoms with Gasteiger partial charge in [-0.15, -0.1) is 5.10 Å². The molecule has 0 aliphatic carbocycles. The zero-order chi connectivity index (χ0) is 14.5. The van der Waals surface area contributed by atoms with Crippen molar-refractivity contribution in [1.82, 2.24) is 20.3 Å². The molecule has 0 saturated heterocycles. The number of aryl methyl sites for hydroxylation is 1. The standard InChI is InChI=1S/C14H19FN4O/c1-4-16-10(2)13-7-11(15)5-6-14(13)20-9-12-8-19(3)18-17-12/h5-8,10,16H,4,9H2,1-3H3. The molecule has 0 aliphatic heterocycles. The van der Waals surface area contributed by atoms with E-state index in [1.165, 1.54) is 12.1 Å². The van der Waals surface area contributed by atoms with Gasteiger partial charge >= 0.3 is 0 Å². The lowest BCUT2D eigenvalue weighted by Gasteiger charge is -2.17. The zero-order valence-corrected chi connectivity index (χ0v) is 11.9. The molecule has 2 aromatic rings. The van der Waals surface area contributed by atoms with Crippen molar-refractivity contribution in [2.45, 2.75) is 26.5 Å². The van der Waals surface area contributed by atoms with Crippen LogP contribution in [0.5, 0.6) is 5.75 Å². The molecule has 1 unspecified atom stereocenters. The van der Waals surface area contributed by atoms with Crippen LogP contribution in [0.4, 0.5) is 4.39 Å². The Morgan fingerprint density at radius 1 is 1.45 bits per heavy atom. The molecule has 1 aromatic carbocycles. The summed E-state index contributed by atoms with van der Waals surface area (Å²) in [7, 11) is 1.80. The van der Waals surface area contributed by atoms with Crippen LogP contribution in [0.25, 0.3) is 0 Å². The third-order valence-electron chi connectivity index (χ3n) is 2.97. The van der Waals surface area contributed by atoms with Gasteiger partial charge in [-0.2, -0.15) is 0 Å². The van der Waals surface area contributed by atoms with Crippen molar-refractivity contribution < 1.29 is 9.13 Å². The predicted molar refractivity (Wildman–Crippen MR) is 73.8 cm³/mol.